The molecule has 8 heteroatoms. The SMILES string of the molecule is CCOCCC1(CNC(=NC)NC2CCN(Cc3cc(OC)cc(OC)c3)C2)CCCC1.I. The number of ether oxygens (including phenoxy) is 3. The van der Waals surface area contributed by atoms with E-state index in [0.717, 1.165) is 69.7 Å². The largest absolute Gasteiger partial charge is 0.497 e. The Morgan fingerprint density at radius 2 is 1.85 bits per heavy atom. The second kappa shape index (κ2) is 14.2. The minimum Gasteiger partial charge on any atom is -0.497 e. The van der Waals surface area contributed by atoms with Crippen LogP contribution >= 0.6 is 24.0 Å². The van der Waals surface area contributed by atoms with Gasteiger partial charge in [-0.05, 0) is 55.7 Å². The van der Waals surface area contributed by atoms with Crippen molar-refractivity contribution in [2.24, 2.45) is 10.4 Å². The van der Waals surface area contributed by atoms with Crippen LogP contribution in [0.15, 0.2) is 23.2 Å². The molecule has 0 bridgehead atoms. The summed E-state index contributed by atoms with van der Waals surface area (Å²) < 4.78 is 16.5. The molecule has 1 heterocycles. The van der Waals surface area contributed by atoms with Crippen LogP contribution in [0.5, 0.6) is 11.5 Å². The van der Waals surface area contributed by atoms with E-state index >= 15 is 0 Å². The predicted molar refractivity (Wildman–Crippen MR) is 145 cm³/mol. The molecule has 188 valence electrons. The zero-order chi connectivity index (χ0) is 22.8. The number of nitrogens with zero attached hydrogens (tertiary/aromatic N) is 2. The Bertz CT molecular complexity index is 718. The topological polar surface area (TPSA) is 67.4 Å². The fourth-order valence-electron chi connectivity index (χ4n) is 5.04. The standard InChI is InChI=1S/C25H42N4O3.HI/c1-5-32-13-11-25(9-6-7-10-25)19-27-24(26-2)28-21-8-12-29(18-21)17-20-14-22(30-3)16-23(15-20)31-4;/h14-16,21H,5-13,17-19H2,1-4H3,(H2,26,27,28);1H. The van der Waals surface area contributed by atoms with Gasteiger partial charge in [-0.25, -0.2) is 0 Å². The normalized spacial score (nSPS) is 20.4. The summed E-state index contributed by atoms with van der Waals surface area (Å²) in [4.78, 5) is 6.98. The summed E-state index contributed by atoms with van der Waals surface area (Å²) in [5.41, 5.74) is 1.56. The Morgan fingerprint density at radius 1 is 1.15 bits per heavy atom. The molecule has 1 saturated carbocycles. The predicted octanol–water partition coefficient (Wildman–Crippen LogP) is 4.05. The number of guanidine groups is 1. The third kappa shape index (κ3) is 8.47. The molecule has 1 aromatic rings. The lowest BCUT2D eigenvalue weighted by atomic mass is 9.83. The van der Waals surface area contributed by atoms with Crippen LogP contribution in [0.1, 0.15) is 51.0 Å². The highest BCUT2D eigenvalue weighted by molar-refractivity contribution is 14.0. The number of hydrogen-bond acceptors (Lipinski definition) is 5. The summed E-state index contributed by atoms with van der Waals surface area (Å²) in [5.74, 6) is 2.59. The number of hydrogen-bond donors (Lipinski definition) is 2. The average molecular weight is 575 g/mol. The third-order valence-electron chi connectivity index (χ3n) is 6.93. The van der Waals surface area contributed by atoms with E-state index in [0.29, 0.717) is 11.5 Å². The summed E-state index contributed by atoms with van der Waals surface area (Å²) >= 11 is 0. The Kier molecular flexibility index (Phi) is 12.0. The van der Waals surface area contributed by atoms with Gasteiger partial charge in [-0.15, -0.1) is 24.0 Å². The molecule has 33 heavy (non-hydrogen) atoms. The average Bonchev–Trinajstić information content (AvgIpc) is 3.46. The lowest BCUT2D eigenvalue weighted by Crippen LogP contribution is -2.47. The number of rotatable bonds is 11. The summed E-state index contributed by atoms with van der Waals surface area (Å²) in [6, 6.07) is 6.50. The zero-order valence-electron chi connectivity index (χ0n) is 20.8. The van der Waals surface area contributed by atoms with Crippen LogP contribution in [-0.2, 0) is 11.3 Å². The van der Waals surface area contributed by atoms with Gasteiger partial charge in [-0.1, -0.05) is 12.8 Å². The minimum absolute atomic E-state index is 0. The number of benzene rings is 1. The van der Waals surface area contributed by atoms with Gasteiger partial charge in [0, 0.05) is 58.5 Å². The highest BCUT2D eigenvalue weighted by Crippen LogP contribution is 2.40. The van der Waals surface area contributed by atoms with Crippen LogP contribution in [0.25, 0.3) is 0 Å². The van der Waals surface area contributed by atoms with Gasteiger partial charge in [0.1, 0.15) is 11.5 Å². The zero-order valence-corrected chi connectivity index (χ0v) is 23.2. The molecule has 2 fully saturated rings. The molecule has 1 atom stereocenters. The molecule has 1 aliphatic carbocycles. The van der Waals surface area contributed by atoms with Crippen molar-refractivity contribution in [3.63, 3.8) is 0 Å². The molecule has 2 N–H and O–H groups in total. The van der Waals surface area contributed by atoms with Gasteiger partial charge >= 0.3 is 0 Å². The van der Waals surface area contributed by atoms with Crippen LogP contribution in [0.4, 0.5) is 0 Å². The quantitative estimate of drug-likeness (QED) is 0.180. The summed E-state index contributed by atoms with van der Waals surface area (Å²) in [5, 5.41) is 7.28. The van der Waals surface area contributed by atoms with E-state index in [-0.39, 0.29) is 24.0 Å². The first-order valence-corrected chi connectivity index (χ1v) is 12.1. The number of halogens is 1. The molecule has 1 unspecified atom stereocenters. The summed E-state index contributed by atoms with van der Waals surface area (Å²) in [6.07, 6.45) is 7.46. The van der Waals surface area contributed by atoms with Crippen LogP contribution in [0, 0.1) is 5.41 Å². The molecule has 1 aromatic carbocycles. The van der Waals surface area contributed by atoms with Crippen molar-refractivity contribution in [1.82, 2.24) is 15.5 Å². The van der Waals surface area contributed by atoms with Crippen molar-refractivity contribution in [2.75, 3.05) is 54.1 Å². The first kappa shape index (κ1) is 28.0. The molecule has 0 spiro atoms. The van der Waals surface area contributed by atoms with Crippen molar-refractivity contribution in [3.05, 3.63) is 23.8 Å². The van der Waals surface area contributed by atoms with Crippen LogP contribution < -0.4 is 20.1 Å². The van der Waals surface area contributed by atoms with Crippen molar-refractivity contribution in [2.45, 2.75) is 58.0 Å². The summed E-state index contributed by atoms with van der Waals surface area (Å²) in [6.45, 7) is 7.64. The summed E-state index contributed by atoms with van der Waals surface area (Å²) in [7, 11) is 5.26. The van der Waals surface area contributed by atoms with Gasteiger partial charge in [-0.2, -0.15) is 0 Å². The fraction of sp³-hybridized carbons (Fsp3) is 0.720. The van der Waals surface area contributed by atoms with Crippen LogP contribution in [0.3, 0.4) is 0 Å². The molecule has 2 aliphatic rings. The van der Waals surface area contributed by atoms with Gasteiger partial charge in [0.2, 0.25) is 0 Å². The smallest absolute Gasteiger partial charge is 0.191 e. The number of methoxy groups -OCH3 is 2. The van der Waals surface area contributed by atoms with Gasteiger partial charge in [0.25, 0.3) is 0 Å². The minimum atomic E-state index is 0. The van der Waals surface area contributed by atoms with E-state index in [9.17, 15) is 0 Å². The molecular formula is C25H43IN4O3. The van der Waals surface area contributed by atoms with Crippen molar-refractivity contribution in [3.8, 4) is 11.5 Å². The van der Waals surface area contributed by atoms with E-state index < -0.39 is 0 Å². The molecule has 0 aromatic heterocycles. The molecule has 0 radical (unpaired) electrons. The van der Waals surface area contributed by atoms with E-state index in [4.69, 9.17) is 14.2 Å². The second-order valence-electron chi connectivity index (χ2n) is 9.17. The van der Waals surface area contributed by atoms with Crippen LogP contribution in [-0.4, -0.2) is 71.0 Å². The Hall–Kier alpha value is -1.26. The first-order valence-electron chi connectivity index (χ1n) is 12.1. The molecular weight excluding hydrogens is 531 g/mol. The van der Waals surface area contributed by atoms with E-state index in [2.05, 4.69) is 39.6 Å². The molecule has 1 saturated heterocycles. The number of likely N-dealkylation sites (tertiary alicyclic amines) is 1. The van der Waals surface area contributed by atoms with E-state index in [1.54, 1.807) is 14.2 Å². The lowest BCUT2D eigenvalue weighted by Gasteiger charge is -2.30. The Labute approximate surface area is 217 Å². The number of aliphatic imine (C=N–C) groups is 1. The first-order chi connectivity index (χ1) is 15.6. The van der Waals surface area contributed by atoms with E-state index in [1.807, 2.05) is 13.1 Å². The molecule has 0 amide bonds. The van der Waals surface area contributed by atoms with Gasteiger partial charge in [0.15, 0.2) is 5.96 Å². The lowest BCUT2D eigenvalue weighted by molar-refractivity contribution is 0.105. The third-order valence-corrected chi connectivity index (χ3v) is 6.93. The van der Waals surface area contributed by atoms with E-state index in [1.165, 1.54) is 31.2 Å². The van der Waals surface area contributed by atoms with Gasteiger partial charge in [0.05, 0.1) is 14.2 Å². The molecule has 3 rings (SSSR count). The maximum absolute atomic E-state index is 5.66. The Morgan fingerprint density at radius 3 is 2.45 bits per heavy atom. The van der Waals surface area contributed by atoms with Gasteiger partial charge in [-0.3, -0.25) is 9.89 Å². The molecule has 7 nitrogen and oxygen atoms in total. The second-order valence-corrected chi connectivity index (χ2v) is 9.17. The highest BCUT2D eigenvalue weighted by Gasteiger charge is 2.34. The van der Waals surface area contributed by atoms with Crippen molar-refractivity contribution >= 4 is 29.9 Å². The molecule has 1 aliphatic heterocycles. The van der Waals surface area contributed by atoms with Crippen LogP contribution in [0.2, 0.25) is 0 Å². The fourth-order valence-corrected chi connectivity index (χ4v) is 5.04. The van der Waals surface area contributed by atoms with Gasteiger partial charge < -0.3 is 24.8 Å². The number of nitrogens with one attached hydrogen (secondary N) is 2. The maximum atomic E-state index is 5.66. The monoisotopic (exact) mass is 574 g/mol. The maximum Gasteiger partial charge on any atom is 0.191 e. The Balaban J connectivity index is 0.00000385. The van der Waals surface area contributed by atoms with Crippen molar-refractivity contribution in [1.29, 1.82) is 0 Å². The highest BCUT2D eigenvalue weighted by atomic mass is 127. The van der Waals surface area contributed by atoms with Crippen molar-refractivity contribution < 1.29 is 14.2 Å².